The van der Waals surface area contributed by atoms with Gasteiger partial charge in [0.25, 0.3) is 0 Å². The van der Waals surface area contributed by atoms with Crippen LogP contribution in [-0.2, 0) is 14.3 Å². The molecule has 1 aliphatic heterocycles. The molecule has 0 fully saturated rings. The van der Waals surface area contributed by atoms with E-state index < -0.39 is 17.8 Å². The number of ether oxygens (including phenoxy) is 3. The maximum Gasteiger partial charge on any atom is 0.315 e. The van der Waals surface area contributed by atoms with Gasteiger partial charge in [0.1, 0.15) is 5.92 Å². The standard InChI is InChI=1S/C21H25NO5/c1-5-27-16-10-9-13(11-17(16)25-3)19-18(21(24)26-4)12(2)22-14-7-6-8-15(23)20(14)19/h9-11,18-19,22H,2,5-8H2,1,3-4H3. The number of nitrogens with one attached hydrogen (secondary N) is 1. The Morgan fingerprint density at radius 2 is 2.04 bits per heavy atom. The van der Waals surface area contributed by atoms with Crippen LogP contribution in [0.5, 0.6) is 11.5 Å². The second-order valence-corrected chi connectivity index (χ2v) is 6.64. The SMILES string of the molecule is C=C1NC2=C(C(=O)CCC2)C(c2ccc(OCC)c(OC)c2)C1C(=O)OC. The van der Waals surface area contributed by atoms with Crippen LogP contribution < -0.4 is 14.8 Å². The average Bonchev–Trinajstić information content (AvgIpc) is 2.67. The third-order valence-corrected chi connectivity index (χ3v) is 5.09. The first-order valence-electron chi connectivity index (χ1n) is 9.12. The lowest BCUT2D eigenvalue weighted by atomic mass is 9.71. The van der Waals surface area contributed by atoms with Gasteiger partial charge < -0.3 is 19.5 Å². The van der Waals surface area contributed by atoms with Crippen molar-refractivity contribution in [1.29, 1.82) is 0 Å². The third kappa shape index (κ3) is 3.44. The minimum Gasteiger partial charge on any atom is -0.493 e. The van der Waals surface area contributed by atoms with Gasteiger partial charge in [-0.2, -0.15) is 0 Å². The van der Waals surface area contributed by atoms with E-state index >= 15 is 0 Å². The Labute approximate surface area is 159 Å². The topological polar surface area (TPSA) is 73.9 Å². The lowest BCUT2D eigenvalue weighted by Gasteiger charge is -2.38. The predicted molar refractivity (Wildman–Crippen MR) is 101 cm³/mol. The van der Waals surface area contributed by atoms with E-state index in [1.165, 1.54) is 7.11 Å². The van der Waals surface area contributed by atoms with Gasteiger partial charge in [0.2, 0.25) is 0 Å². The number of methoxy groups -OCH3 is 2. The number of benzene rings is 1. The summed E-state index contributed by atoms with van der Waals surface area (Å²) < 4.78 is 16.1. The summed E-state index contributed by atoms with van der Waals surface area (Å²) in [5.74, 6) is -0.321. The van der Waals surface area contributed by atoms with Crippen LogP contribution >= 0.6 is 0 Å². The summed E-state index contributed by atoms with van der Waals surface area (Å²) in [7, 11) is 2.91. The van der Waals surface area contributed by atoms with Gasteiger partial charge in [-0.1, -0.05) is 12.6 Å². The van der Waals surface area contributed by atoms with E-state index in [9.17, 15) is 9.59 Å². The smallest absolute Gasteiger partial charge is 0.315 e. The Bertz CT molecular complexity index is 811. The first-order valence-corrected chi connectivity index (χ1v) is 9.12. The van der Waals surface area contributed by atoms with Gasteiger partial charge in [-0.25, -0.2) is 0 Å². The molecule has 0 bridgehead atoms. The molecule has 144 valence electrons. The van der Waals surface area contributed by atoms with Crippen LogP contribution in [0.3, 0.4) is 0 Å². The Balaban J connectivity index is 2.16. The molecule has 0 saturated heterocycles. The number of carbonyl (C=O) groups is 2. The summed E-state index contributed by atoms with van der Waals surface area (Å²) in [6.07, 6.45) is 2.03. The molecule has 1 aromatic carbocycles. The van der Waals surface area contributed by atoms with Crippen LogP contribution in [0.25, 0.3) is 0 Å². The van der Waals surface area contributed by atoms with Crippen LogP contribution in [0, 0.1) is 5.92 Å². The number of ketones is 1. The Morgan fingerprint density at radius 1 is 1.26 bits per heavy atom. The van der Waals surface area contributed by atoms with Gasteiger partial charge >= 0.3 is 5.97 Å². The van der Waals surface area contributed by atoms with Crippen LogP contribution in [0.1, 0.15) is 37.7 Å². The van der Waals surface area contributed by atoms with Gasteiger partial charge in [0.05, 0.1) is 20.8 Å². The van der Waals surface area contributed by atoms with Crippen molar-refractivity contribution >= 4 is 11.8 Å². The minimum absolute atomic E-state index is 0.0583. The molecule has 0 radical (unpaired) electrons. The van der Waals surface area contributed by atoms with Crippen molar-refractivity contribution in [2.24, 2.45) is 5.92 Å². The van der Waals surface area contributed by atoms with Crippen molar-refractivity contribution in [3.8, 4) is 11.5 Å². The van der Waals surface area contributed by atoms with Crippen molar-refractivity contribution in [3.63, 3.8) is 0 Å². The Kier molecular flexibility index (Phi) is 5.54. The zero-order valence-corrected chi connectivity index (χ0v) is 16.0. The van der Waals surface area contributed by atoms with Gasteiger partial charge in [-0.3, -0.25) is 9.59 Å². The van der Waals surface area contributed by atoms with Crippen LogP contribution in [-0.4, -0.2) is 32.6 Å². The fraction of sp³-hybridized carbons (Fsp3) is 0.429. The summed E-state index contributed by atoms with van der Waals surface area (Å²) >= 11 is 0. The zero-order valence-electron chi connectivity index (χ0n) is 16.0. The number of hydrogen-bond acceptors (Lipinski definition) is 6. The number of Topliss-reactive ketones (excluding diaryl/α,β-unsaturated/α-hetero) is 1. The predicted octanol–water partition coefficient (Wildman–Crippen LogP) is 3.09. The molecule has 6 nitrogen and oxygen atoms in total. The Morgan fingerprint density at radius 3 is 2.70 bits per heavy atom. The number of rotatable bonds is 5. The molecule has 1 N–H and O–H groups in total. The van der Waals surface area contributed by atoms with Crippen molar-refractivity contribution < 1.29 is 23.8 Å². The highest BCUT2D eigenvalue weighted by molar-refractivity contribution is 6.00. The molecule has 2 unspecified atom stereocenters. The van der Waals surface area contributed by atoms with E-state index in [1.807, 2.05) is 25.1 Å². The van der Waals surface area contributed by atoms with Crippen LogP contribution in [0.2, 0.25) is 0 Å². The average molecular weight is 371 g/mol. The lowest BCUT2D eigenvalue weighted by Crippen LogP contribution is -2.40. The highest BCUT2D eigenvalue weighted by Crippen LogP contribution is 2.45. The number of esters is 1. The molecule has 0 amide bonds. The molecular formula is C21H25NO5. The van der Waals surface area contributed by atoms with E-state index in [0.29, 0.717) is 35.8 Å². The molecule has 2 aliphatic rings. The van der Waals surface area contributed by atoms with E-state index in [0.717, 1.165) is 24.1 Å². The fourth-order valence-electron chi connectivity index (χ4n) is 3.91. The molecule has 27 heavy (non-hydrogen) atoms. The van der Waals surface area contributed by atoms with Crippen LogP contribution in [0.4, 0.5) is 0 Å². The lowest BCUT2D eigenvalue weighted by molar-refractivity contribution is -0.144. The maximum absolute atomic E-state index is 12.8. The number of allylic oxidation sites excluding steroid dienone is 2. The van der Waals surface area contributed by atoms with E-state index in [-0.39, 0.29) is 5.78 Å². The summed E-state index contributed by atoms with van der Waals surface area (Å²) in [5, 5.41) is 3.18. The minimum atomic E-state index is -0.682. The summed E-state index contributed by atoms with van der Waals surface area (Å²) in [4.78, 5) is 25.3. The third-order valence-electron chi connectivity index (χ3n) is 5.09. The second-order valence-electron chi connectivity index (χ2n) is 6.64. The van der Waals surface area contributed by atoms with Gasteiger partial charge in [-0.05, 0) is 37.5 Å². The highest BCUT2D eigenvalue weighted by Gasteiger charge is 2.43. The quantitative estimate of drug-likeness (QED) is 0.802. The van der Waals surface area contributed by atoms with Crippen molar-refractivity contribution in [2.75, 3.05) is 20.8 Å². The van der Waals surface area contributed by atoms with Crippen molar-refractivity contribution in [1.82, 2.24) is 5.32 Å². The zero-order chi connectivity index (χ0) is 19.6. The van der Waals surface area contributed by atoms with Gasteiger partial charge in [0, 0.05) is 29.3 Å². The molecule has 1 heterocycles. The summed E-state index contributed by atoms with van der Waals surface area (Å²) in [5.41, 5.74) is 2.86. The van der Waals surface area contributed by atoms with Gasteiger partial charge in [-0.15, -0.1) is 0 Å². The molecular weight excluding hydrogens is 346 g/mol. The molecule has 0 spiro atoms. The summed E-state index contributed by atoms with van der Waals surface area (Å²) in [6, 6.07) is 5.51. The van der Waals surface area contributed by atoms with Crippen molar-refractivity contribution in [3.05, 3.63) is 47.3 Å². The molecule has 0 saturated carbocycles. The Hall–Kier alpha value is -2.76. The second kappa shape index (κ2) is 7.86. The van der Waals surface area contributed by atoms with Gasteiger partial charge in [0.15, 0.2) is 17.3 Å². The fourth-order valence-corrected chi connectivity index (χ4v) is 3.91. The highest BCUT2D eigenvalue weighted by atomic mass is 16.5. The monoisotopic (exact) mass is 371 g/mol. The molecule has 0 aromatic heterocycles. The molecule has 1 aromatic rings. The van der Waals surface area contributed by atoms with E-state index in [4.69, 9.17) is 14.2 Å². The van der Waals surface area contributed by atoms with Crippen molar-refractivity contribution in [2.45, 2.75) is 32.1 Å². The number of carbonyl (C=O) groups excluding carboxylic acids is 2. The molecule has 3 rings (SSSR count). The number of hydrogen-bond donors (Lipinski definition) is 1. The van der Waals surface area contributed by atoms with E-state index in [1.54, 1.807) is 7.11 Å². The normalized spacial score (nSPS) is 22.0. The largest absolute Gasteiger partial charge is 0.493 e. The maximum atomic E-state index is 12.8. The van der Waals surface area contributed by atoms with E-state index in [2.05, 4.69) is 11.9 Å². The molecule has 1 aliphatic carbocycles. The summed E-state index contributed by atoms with van der Waals surface area (Å²) in [6.45, 7) is 6.44. The molecule has 6 heteroatoms. The first kappa shape index (κ1) is 19.0. The van der Waals surface area contributed by atoms with Crippen LogP contribution in [0.15, 0.2) is 41.7 Å². The first-order chi connectivity index (χ1) is 13.0. The molecule has 2 atom stereocenters.